The number of hydrogen-bond acceptors (Lipinski definition) is 5. The highest BCUT2D eigenvalue weighted by Crippen LogP contribution is 2.37. The molecule has 0 saturated heterocycles. The van der Waals surface area contributed by atoms with Gasteiger partial charge in [0.1, 0.15) is 6.61 Å². The van der Waals surface area contributed by atoms with E-state index in [1.807, 2.05) is 31.2 Å². The molecule has 138 valence electrons. The van der Waals surface area contributed by atoms with Gasteiger partial charge in [0.05, 0.1) is 18.2 Å². The molecule has 5 nitrogen and oxygen atoms in total. The zero-order valence-corrected chi connectivity index (χ0v) is 16.8. The largest absolute Gasteiger partial charge is 0.493 e. The summed E-state index contributed by atoms with van der Waals surface area (Å²) in [5.41, 5.74) is 2.05. The second kappa shape index (κ2) is 11.3. The lowest BCUT2D eigenvalue weighted by molar-refractivity contribution is 0.238. The van der Waals surface area contributed by atoms with Gasteiger partial charge in [-0.1, -0.05) is 13.0 Å². The Morgan fingerprint density at radius 3 is 2.72 bits per heavy atom. The van der Waals surface area contributed by atoms with Crippen LogP contribution in [0.25, 0.3) is 0 Å². The summed E-state index contributed by atoms with van der Waals surface area (Å²) < 4.78 is 12.2. The van der Waals surface area contributed by atoms with Crippen LogP contribution in [0.1, 0.15) is 24.5 Å². The molecule has 2 N–H and O–H groups in total. The number of rotatable bonds is 9. The van der Waals surface area contributed by atoms with Crippen LogP contribution in [0.2, 0.25) is 0 Å². The molecule has 2 rings (SSSR count). The van der Waals surface area contributed by atoms with E-state index in [-0.39, 0.29) is 25.1 Å². The summed E-state index contributed by atoms with van der Waals surface area (Å²) in [5.74, 6) is 1.33. The highest BCUT2D eigenvalue weighted by Gasteiger charge is 2.13. The van der Waals surface area contributed by atoms with Crippen molar-refractivity contribution >= 4 is 28.3 Å². The fourth-order valence-corrected chi connectivity index (χ4v) is 2.86. The smallest absolute Gasteiger partial charge is 0.175 e. The molecular weight excluding hydrogens is 408 g/mol. The first-order chi connectivity index (χ1) is 11.7. The molecular formula is C18H24BrClN2O3. The van der Waals surface area contributed by atoms with E-state index >= 15 is 0 Å². The Balaban J connectivity index is 0.00000312. The molecule has 7 heteroatoms. The normalized spacial score (nSPS) is 11.5. The number of halogens is 2. The van der Waals surface area contributed by atoms with E-state index in [1.165, 1.54) is 0 Å². The van der Waals surface area contributed by atoms with Crippen molar-refractivity contribution in [2.75, 3.05) is 13.7 Å². The second-order valence-electron chi connectivity index (χ2n) is 5.43. The second-order valence-corrected chi connectivity index (χ2v) is 6.28. The minimum absolute atomic E-state index is 0. The summed E-state index contributed by atoms with van der Waals surface area (Å²) in [6, 6.07) is 7.88. The molecule has 0 aliphatic rings. The molecule has 1 atom stereocenters. The summed E-state index contributed by atoms with van der Waals surface area (Å²) >= 11 is 3.56. The standard InChI is InChI=1S/C18H23BrN2O3.ClH/c1-3-15(11-22)21-10-14-7-16(19)18(17(8-14)23-2)24-12-13-5-4-6-20-9-13;/h4-9,15,21-22H,3,10-12H2,1-2H3;1H. The van der Waals surface area contributed by atoms with Crippen molar-refractivity contribution < 1.29 is 14.6 Å². The topological polar surface area (TPSA) is 63.6 Å². The van der Waals surface area contributed by atoms with Crippen molar-refractivity contribution in [2.45, 2.75) is 32.5 Å². The highest BCUT2D eigenvalue weighted by atomic mass is 79.9. The van der Waals surface area contributed by atoms with E-state index in [0.29, 0.717) is 24.7 Å². The van der Waals surface area contributed by atoms with Gasteiger partial charge in [0.15, 0.2) is 11.5 Å². The number of hydrogen-bond donors (Lipinski definition) is 2. The van der Waals surface area contributed by atoms with Gasteiger partial charge < -0.3 is 19.9 Å². The number of pyridine rings is 1. The first kappa shape index (κ1) is 21.7. The van der Waals surface area contributed by atoms with Crippen LogP contribution >= 0.6 is 28.3 Å². The molecule has 25 heavy (non-hydrogen) atoms. The Labute approximate surface area is 163 Å². The number of aromatic nitrogens is 1. The lowest BCUT2D eigenvalue weighted by Crippen LogP contribution is -2.31. The molecule has 0 aliphatic carbocycles. The van der Waals surface area contributed by atoms with Gasteiger partial charge in [-0.3, -0.25) is 4.98 Å². The van der Waals surface area contributed by atoms with Gasteiger partial charge in [0.2, 0.25) is 0 Å². The lowest BCUT2D eigenvalue weighted by atomic mass is 10.1. The number of benzene rings is 1. The van der Waals surface area contributed by atoms with E-state index in [4.69, 9.17) is 9.47 Å². The van der Waals surface area contributed by atoms with E-state index < -0.39 is 0 Å². The van der Waals surface area contributed by atoms with E-state index in [1.54, 1.807) is 19.5 Å². The van der Waals surface area contributed by atoms with Crippen LogP contribution in [0.15, 0.2) is 41.1 Å². The van der Waals surface area contributed by atoms with Crippen LogP contribution in [-0.4, -0.2) is 29.8 Å². The van der Waals surface area contributed by atoms with Crippen LogP contribution in [0.5, 0.6) is 11.5 Å². The molecule has 0 bridgehead atoms. The number of nitrogens with zero attached hydrogens (tertiary/aromatic N) is 1. The van der Waals surface area contributed by atoms with Crippen LogP contribution in [-0.2, 0) is 13.2 Å². The van der Waals surface area contributed by atoms with E-state index in [2.05, 4.69) is 26.2 Å². The van der Waals surface area contributed by atoms with Gasteiger partial charge in [-0.05, 0) is 46.1 Å². The quantitative estimate of drug-likeness (QED) is 0.633. The molecule has 0 saturated carbocycles. The molecule has 0 spiro atoms. The Bertz CT molecular complexity index is 640. The maximum atomic E-state index is 9.26. The minimum atomic E-state index is 0. The highest BCUT2D eigenvalue weighted by molar-refractivity contribution is 9.10. The Hall–Kier alpha value is -1.34. The molecule has 1 unspecified atom stereocenters. The SMILES string of the molecule is CCC(CO)NCc1cc(Br)c(OCc2cccnc2)c(OC)c1.Cl. The number of nitrogens with one attached hydrogen (secondary N) is 1. The molecule has 0 radical (unpaired) electrons. The third-order valence-corrected chi connectivity index (χ3v) is 4.29. The van der Waals surface area contributed by atoms with Gasteiger partial charge in [-0.25, -0.2) is 0 Å². The predicted octanol–water partition coefficient (Wildman–Crippen LogP) is 3.71. The summed E-state index contributed by atoms with van der Waals surface area (Å²) in [4.78, 5) is 4.08. The van der Waals surface area contributed by atoms with Crippen LogP contribution in [0, 0.1) is 0 Å². The fourth-order valence-electron chi connectivity index (χ4n) is 2.25. The molecule has 0 fully saturated rings. The molecule has 0 amide bonds. The molecule has 1 aromatic carbocycles. The Morgan fingerprint density at radius 1 is 1.32 bits per heavy atom. The minimum Gasteiger partial charge on any atom is -0.493 e. The number of aliphatic hydroxyl groups is 1. The van der Waals surface area contributed by atoms with Gasteiger partial charge in [-0.2, -0.15) is 0 Å². The summed E-state index contributed by atoms with van der Waals surface area (Å²) in [5, 5.41) is 12.6. The molecule has 1 aromatic heterocycles. The van der Waals surface area contributed by atoms with Crippen molar-refractivity contribution in [3.63, 3.8) is 0 Å². The van der Waals surface area contributed by atoms with Gasteiger partial charge in [0, 0.05) is 30.5 Å². The average molecular weight is 432 g/mol. The van der Waals surface area contributed by atoms with Crippen molar-refractivity contribution in [1.82, 2.24) is 10.3 Å². The monoisotopic (exact) mass is 430 g/mol. The van der Waals surface area contributed by atoms with Crippen molar-refractivity contribution in [2.24, 2.45) is 0 Å². The van der Waals surface area contributed by atoms with Gasteiger partial charge in [-0.15, -0.1) is 12.4 Å². The van der Waals surface area contributed by atoms with Gasteiger partial charge in [0.25, 0.3) is 0 Å². The van der Waals surface area contributed by atoms with Crippen LogP contribution < -0.4 is 14.8 Å². The Kier molecular flexibility index (Phi) is 9.82. The van der Waals surface area contributed by atoms with Crippen molar-refractivity contribution in [3.05, 3.63) is 52.3 Å². The zero-order valence-electron chi connectivity index (χ0n) is 14.4. The van der Waals surface area contributed by atoms with Crippen LogP contribution in [0.3, 0.4) is 0 Å². The predicted molar refractivity (Wildman–Crippen MR) is 105 cm³/mol. The number of aliphatic hydroxyl groups excluding tert-OH is 1. The zero-order chi connectivity index (χ0) is 17.4. The van der Waals surface area contributed by atoms with Crippen molar-refractivity contribution in [1.29, 1.82) is 0 Å². The lowest BCUT2D eigenvalue weighted by Gasteiger charge is -2.17. The summed E-state index contributed by atoms with van der Waals surface area (Å²) in [6.07, 6.45) is 4.39. The number of ether oxygens (including phenoxy) is 2. The summed E-state index contributed by atoms with van der Waals surface area (Å²) in [7, 11) is 1.62. The van der Waals surface area contributed by atoms with E-state index in [9.17, 15) is 5.11 Å². The van der Waals surface area contributed by atoms with Crippen molar-refractivity contribution in [3.8, 4) is 11.5 Å². The van der Waals surface area contributed by atoms with E-state index in [0.717, 1.165) is 22.0 Å². The number of methoxy groups -OCH3 is 1. The maximum Gasteiger partial charge on any atom is 0.175 e. The molecule has 2 aromatic rings. The average Bonchev–Trinajstić information content (AvgIpc) is 2.62. The third kappa shape index (κ3) is 6.47. The van der Waals surface area contributed by atoms with Gasteiger partial charge >= 0.3 is 0 Å². The third-order valence-electron chi connectivity index (χ3n) is 3.70. The molecule has 0 aliphatic heterocycles. The Morgan fingerprint density at radius 2 is 2.12 bits per heavy atom. The maximum absolute atomic E-state index is 9.26. The first-order valence-corrected chi connectivity index (χ1v) is 8.69. The summed E-state index contributed by atoms with van der Waals surface area (Å²) in [6.45, 7) is 3.24. The fraction of sp³-hybridized carbons (Fsp3) is 0.389. The van der Waals surface area contributed by atoms with Crippen LogP contribution in [0.4, 0.5) is 0 Å². The molecule has 1 heterocycles. The first-order valence-electron chi connectivity index (χ1n) is 7.90.